The Hall–Kier alpha value is -4.11. The first-order chi connectivity index (χ1) is 20.9. The van der Waals surface area contributed by atoms with Crippen LogP contribution in [0.1, 0.15) is 57.5 Å². The molecule has 1 aliphatic carbocycles. The van der Waals surface area contributed by atoms with Gasteiger partial charge >= 0.3 is 0 Å². The summed E-state index contributed by atoms with van der Waals surface area (Å²) in [4.78, 5) is 31.9. The van der Waals surface area contributed by atoms with Gasteiger partial charge in [0.25, 0.3) is 5.91 Å². The number of benzene rings is 2. The van der Waals surface area contributed by atoms with Crippen LogP contribution in [0, 0.1) is 5.82 Å². The van der Waals surface area contributed by atoms with E-state index in [0.717, 1.165) is 47.5 Å². The van der Waals surface area contributed by atoms with Gasteiger partial charge in [-0.25, -0.2) is 9.37 Å². The Labute approximate surface area is 259 Å². The molecule has 2 N–H and O–H groups in total. The maximum Gasteiger partial charge on any atom is 0.254 e. The minimum Gasteiger partial charge on any atom is -0.348 e. The molecule has 0 spiro atoms. The normalized spacial score (nSPS) is 14.5. The van der Waals surface area contributed by atoms with E-state index < -0.39 is 0 Å². The molecule has 1 aliphatic rings. The van der Waals surface area contributed by atoms with Crippen LogP contribution in [-0.4, -0.2) is 30.7 Å². The van der Waals surface area contributed by atoms with E-state index in [1.54, 1.807) is 6.07 Å². The Kier molecular flexibility index (Phi) is 8.79. The Balaban J connectivity index is 1.19. The number of aromatic nitrogens is 4. The molecular formula is C33H29Cl2FN6O. The second kappa shape index (κ2) is 13.0. The van der Waals surface area contributed by atoms with Crippen LogP contribution in [0.3, 0.4) is 0 Å². The van der Waals surface area contributed by atoms with Gasteiger partial charge in [0.2, 0.25) is 0 Å². The van der Waals surface area contributed by atoms with E-state index in [1.165, 1.54) is 30.1 Å². The molecule has 0 saturated heterocycles. The highest BCUT2D eigenvalue weighted by molar-refractivity contribution is 6.39. The lowest BCUT2D eigenvalue weighted by Crippen LogP contribution is -2.31. The summed E-state index contributed by atoms with van der Waals surface area (Å²) in [6.07, 6.45) is 9.57. The number of halogens is 3. The van der Waals surface area contributed by atoms with Crippen molar-refractivity contribution < 1.29 is 9.18 Å². The zero-order chi connectivity index (χ0) is 29.8. The van der Waals surface area contributed by atoms with Crippen LogP contribution >= 0.6 is 23.2 Å². The molecule has 10 heteroatoms. The van der Waals surface area contributed by atoms with Gasteiger partial charge in [-0.05, 0) is 54.2 Å². The fraction of sp³-hybridized carbons (Fsp3) is 0.212. The summed E-state index contributed by atoms with van der Waals surface area (Å²) in [5.74, 6) is 0.156. The minimum atomic E-state index is -0.354. The maximum absolute atomic E-state index is 13.8. The molecule has 43 heavy (non-hydrogen) atoms. The SMILES string of the molecule is O=C(NCc1ccc(CN(Cc2nc(-c3cccc(F)c3)c[nH]2)C2CCCc3cccnc32)cc1)c1c(Cl)cncc1Cl. The lowest BCUT2D eigenvalue weighted by molar-refractivity contribution is 0.0951. The van der Waals surface area contributed by atoms with Crippen molar-refractivity contribution in [2.75, 3.05) is 0 Å². The van der Waals surface area contributed by atoms with E-state index in [4.69, 9.17) is 33.2 Å². The van der Waals surface area contributed by atoms with Gasteiger partial charge in [-0.2, -0.15) is 0 Å². The first-order valence-electron chi connectivity index (χ1n) is 14.1. The van der Waals surface area contributed by atoms with Crippen molar-refractivity contribution in [3.63, 3.8) is 0 Å². The molecular weight excluding hydrogens is 586 g/mol. The fourth-order valence-electron chi connectivity index (χ4n) is 5.54. The number of fused-ring (bicyclic) bond motifs is 1. The second-order valence-electron chi connectivity index (χ2n) is 10.6. The number of aryl methyl sites for hydroxylation is 1. The van der Waals surface area contributed by atoms with Crippen molar-refractivity contribution in [1.82, 2.24) is 30.2 Å². The maximum atomic E-state index is 13.8. The van der Waals surface area contributed by atoms with Gasteiger partial charge in [0.05, 0.1) is 39.6 Å². The summed E-state index contributed by atoms with van der Waals surface area (Å²) in [6, 6.07) is 18.9. The molecule has 0 bridgehead atoms. The monoisotopic (exact) mass is 614 g/mol. The highest BCUT2D eigenvalue weighted by Crippen LogP contribution is 2.35. The molecule has 6 rings (SSSR count). The first kappa shape index (κ1) is 29.0. The number of H-pyrrole nitrogens is 1. The highest BCUT2D eigenvalue weighted by atomic mass is 35.5. The number of nitrogens with zero attached hydrogens (tertiary/aromatic N) is 4. The third-order valence-electron chi connectivity index (χ3n) is 7.65. The molecule has 218 valence electrons. The number of pyridine rings is 2. The summed E-state index contributed by atoms with van der Waals surface area (Å²) < 4.78 is 13.8. The van der Waals surface area contributed by atoms with Crippen molar-refractivity contribution in [3.8, 4) is 11.3 Å². The third-order valence-corrected chi connectivity index (χ3v) is 8.23. The summed E-state index contributed by atoms with van der Waals surface area (Å²) in [5.41, 5.74) is 6.11. The highest BCUT2D eigenvalue weighted by Gasteiger charge is 2.28. The lowest BCUT2D eigenvalue weighted by atomic mass is 9.90. The third kappa shape index (κ3) is 6.77. The summed E-state index contributed by atoms with van der Waals surface area (Å²) in [5, 5.41) is 3.30. The number of carbonyl (C=O) groups is 1. The number of hydrogen-bond acceptors (Lipinski definition) is 5. The van der Waals surface area contributed by atoms with Crippen LogP contribution in [-0.2, 0) is 26.1 Å². The van der Waals surface area contributed by atoms with E-state index in [0.29, 0.717) is 25.3 Å². The first-order valence-corrected chi connectivity index (χ1v) is 14.8. The summed E-state index contributed by atoms with van der Waals surface area (Å²) in [7, 11) is 0. The molecule has 3 heterocycles. The Morgan fingerprint density at radius 2 is 1.81 bits per heavy atom. The van der Waals surface area contributed by atoms with Gasteiger partial charge in [0.15, 0.2) is 0 Å². The van der Waals surface area contributed by atoms with Crippen LogP contribution in [0.25, 0.3) is 11.3 Å². The van der Waals surface area contributed by atoms with E-state index in [-0.39, 0.29) is 33.4 Å². The molecule has 7 nitrogen and oxygen atoms in total. The number of carbonyl (C=O) groups excluding carboxylic acids is 1. The van der Waals surface area contributed by atoms with E-state index in [1.807, 2.05) is 36.7 Å². The van der Waals surface area contributed by atoms with Crippen LogP contribution in [0.4, 0.5) is 4.39 Å². The topological polar surface area (TPSA) is 86.8 Å². The quantitative estimate of drug-likeness (QED) is 0.182. The average molecular weight is 616 g/mol. The zero-order valence-electron chi connectivity index (χ0n) is 23.2. The molecule has 3 aromatic heterocycles. The van der Waals surface area contributed by atoms with Crippen LogP contribution in [0.5, 0.6) is 0 Å². The van der Waals surface area contributed by atoms with Crippen LogP contribution in [0.2, 0.25) is 10.0 Å². The smallest absolute Gasteiger partial charge is 0.254 e. The standard InChI is InChI=1S/C33H29Cl2FN6O/c34-26-16-37-17-27(35)31(26)33(43)40-15-21-9-11-22(12-10-21)19-42(29-8-2-4-23-6-3-13-38-32(23)29)20-30-39-18-28(41-30)24-5-1-7-25(36)14-24/h1,3,5-7,9-14,16-18,29H,2,4,8,15,19-20H2,(H,39,41)(H,40,43). The molecule has 1 atom stereocenters. The van der Waals surface area contributed by atoms with Gasteiger partial charge in [-0.1, -0.05) is 65.7 Å². The largest absolute Gasteiger partial charge is 0.348 e. The van der Waals surface area contributed by atoms with Gasteiger partial charge in [-0.3, -0.25) is 19.7 Å². The molecule has 0 aliphatic heterocycles. The van der Waals surface area contributed by atoms with Crippen molar-refractivity contribution >= 4 is 29.1 Å². The van der Waals surface area contributed by atoms with E-state index in [9.17, 15) is 9.18 Å². The van der Waals surface area contributed by atoms with Gasteiger partial charge in [0.1, 0.15) is 11.6 Å². The molecule has 0 radical (unpaired) electrons. The molecule has 0 saturated carbocycles. The Morgan fingerprint density at radius 3 is 2.60 bits per heavy atom. The minimum absolute atomic E-state index is 0.126. The molecule has 5 aromatic rings. The number of hydrogen-bond donors (Lipinski definition) is 2. The zero-order valence-corrected chi connectivity index (χ0v) is 24.7. The van der Waals surface area contributed by atoms with Crippen molar-refractivity contribution in [3.05, 3.63) is 135 Å². The second-order valence-corrected chi connectivity index (χ2v) is 11.4. The Morgan fingerprint density at radius 1 is 1.02 bits per heavy atom. The lowest BCUT2D eigenvalue weighted by Gasteiger charge is -2.34. The van der Waals surface area contributed by atoms with Gasteiger partial charge in [-0.15, -0.1) is 0 Å². The summed E-state index contributed by atoms with van der Waals surface area (Å²) >= 11 is 12.3. The van der Waals surface area contributed by atoms with Crippen LogP contribution in [0.15, 0.2) is 85.5 Å². The number of aromatic amines is 1. The molecule has 1 unspecified atom stereocenters. The number of rotatable bonds is 9. The number of amides is 1. The summed E-state index contributed by atoms with van der Waals surface area (Å²) in [6.45, 7) is 1.57. The van der Waals surface area contributed by atoms with E-state index in [2.05, 4.69) is 38.4 Å². The number of imidazole rings is 1. The predicted octanol–water partition coefficient (Wildman–Crippen LogP) is 7.32. The van der Waals surface area contributed by atoms with Gasteiger partial charge < -0.3 is 10.3 Å². The predicted molar refractivity (Wildman–Crippen MR) is 165 cm³/mol. The van der Waals surface area contributed by atoms with Gasteiger partial charge in [0, 0.05) is 43.4 Å². The van der Waals surface area contributed by atoms with Crippen molar-refractivity contribution in [1.29, 1.82) is 0 Å². The Bertz CT molecular complexity index is 1720. The molecule has 2 aromatic carbocycles. The molecule has 0 fully saturated rings. The van der Waals surface area contributed by atoms with E-state index >= 15 is 0 Å². The fourth-order valence-corrected chi connectivity index (χ4v) is 6.08. The average Bonchev–Trinajstić information content (AvgIpc) is 3.49. The number of nitrogens with one attached hydrogen (secondary N) is 2. The van der Waals surface area contributed by atoms with Crippen molar-refractivity contribution in [2.45, 2.75) is 44.9 Å². The van der Waals surface area contributed by atoms with Crippen molar-refractivity contribution in [2.24, 2.45) is 0 Å². The van der Waals surface area contributed by atoms with Crippen LogP contribution < -0.4 is 5.32 Å². The molecule has 1 amide bonds.